The molecule has 0 unspecified atom stereocenters. The summed E-state index contributed by atoms with van der Waals surface area (Å²) in [6.45, 7) is 4.96. The first-order valence-corrected chi connectivity index (χ1v) is 9.68. The van der Waals surface area contributed by atoms with Crippen molar-refractivity contribution in [1.29, 1.82) is 0 Å². The Balaban J connectivity index is 2.02. The Labute approximate surface area is 166 Å². The number of carbonyl (C=O) groups is 1. The first-order valence-electron chi connectivity index (χ1n) is 9.68. The number of aromatic nitrogens is 1. The average Bonchev–Trinajstić information content (AvgIpc) is 2.75. The monoisotopic (exact) mass is 375 g/mol. The Hall–Kier alpha value is -3.14. The molecule has 3 rings (SSSR count). The molecule has 0 aliphatic carbocycles. The molecule has 0 aliphatic heterocycles. The maximum Gasteiger partial charge on any atom is 0.339 e. The van der Waals surface area contributed by atoms with Gasteiger partial charge < -0.3 is 9.47 Å². The van der Waals surface area contributed by atoms with E-state index < -0.39 is 0 Å². The van der Waals surface area contributed by atoms with Crippen LogP contribution >= 0.6 is 0 Å². The summed E-state index contributed by atoms with van der Waals surface area (Å²) in [6, 6.07) is 17.9. The zero-order valence-corrected chi connectivity index (χ0v) is 16.4. The number of carbonyl (C=O) groups excluding carboxylic acids is 1. The molecule has 0 atom stereocenters. The minimum atomic E-state index is -0.363. The number of nitrogens with zero attached hydrogens (tertiary/aromatic N) is 1. The fourth-order valence-corrected chi connectivity index (χ4v) is 3.02. The largest absolute Gasteiger partial charge is 0.493 e. The van der Waals surface area contributed by atoms with E-state index in [2.05, 4.69) is 24.0 Å². The summed E-state index contributed by atoms with van der Waals surface area (Å²) in [5.41, 5.74) is 4.37. The van der Waals surface area contributed by atoms with Gasteiger partial charge in [0.15, 0.2) is 0 Å². The summed E-state index contributed by atoms with van der Waals surface area (Å²) in [6.07, 6.45) is 5.40. The SMILES string of the molecule is CCCCOc1ccccc1-c1ccccc1-c1cncc(C(=O)OCC)c1. The van der Waals surface area contributed by atoms with E-state index in [-0.39, 0.29) is 5.97 Å². The van der Waals surface area contributed by atoms with Crippen LogP contribution in [0.1, 0.15) is 37.0 Å². The van der Waals surface area contributed by atoms with Crippen molar-refractivity contribution in [3.63, 3.8) is 0 Å². The van der Waals surface area contributed by atoms with Gasteiger partial charge >= 0.3 is 5.97 Å². The Morgan fingerprint density at radius 3 is 2.39 bits per heavy atom. The normalized spacial score (nSPS) is 10.5. The number of rotatable bonds is 8. The fourth-order valence-electron chi connectivity index (χ4n) is 3.02. The zero-order chi connectivity index (χ0) is 19.8. The number of benzene rings is 2. The fraction of sp³-hybridized carbons (Fsp3) is 0.250. The minimum absolute atomic E-state index is 0.335. The van der Waals surface area contributed by atoms with E-state index in [4.69, 9.17) is 9.47 Å². The Morgan fingerprint density at radius 1 is 0.929 bits per heavy atom. The van der Waals surface area contributed by atoms with E-state index in [1.165, 1.54) is 6.20 Å². The Morgan fingerprint density at radius 2 is 1.64 bits per heavy atom. The third-order valence-corrected chi connectivity index (χ3v) is 4.42. The number of unbranched alkanes of at least 4 members (excludes halogenated alkanes) is 1. The molecular formula is C24H25NO3. The van der Waals surface area contributed by atoms with Gasteiger partial charge in [0.2, 0.25) is 0 Å². The smallest absolute Gasteiger partial charge is 0.339 e. The van der Waals surface area contributed by atoms with Crippen LogP contribution in [0.4, 0.5) is 0 Å². The van der Waals surface area contributed by atoms with Gasteiger partial charge in [-0.3, -0.25) is 4.98 Å². The van der Waals surface area contributed by atoms with Gasteiger partial charge in [-0.25, -0.2) is 4.79 Å². The lowest BCUT2D eigenvalue weighted by atomic mass is 9.94. The first-order chi connectivity index (χ1) is 13.7. The molecule has 4 heteroatoms. The van der Waals surface area contributed by atoms with Crippen molar-refractivity contribution in [2.75, 3.05) is 13.2 Å². The van der Waals surface area contributed by atoms with E-state index in [1.807, 2.05) is 42.5 Å². The van der Waals surface area contributed by atoms with Crippen molar-refractivity contribution in [3.05, 3.63) is 72.6 Å². The predicted octanol–water partition coefficient (Wildman–Crippen LogP) is 5.77. The highest BCUT2D eigenvalue weighted by Crippen LogP contribution is 2.37. The molecule has 0 spiro atoms. The summed E-state index contributed by atoms with van der Waals surface area (Å²) in [4.78, 5) is 16.4. The van der Waals surface area contributed by atoms with Crippen LogP contribution in [-0.4, -0.2) is 24.2 Å². The highest BCUT2D eigenvalue weighted by atomic mass is 16.5. The van der Waals surface area contributed by atoms with Crippen LogP contribution in [0, 0.1) is 0 Å². The van der Waals surface area contributed by atoms with E-state index in [1.54, 1.807) is 13.1 Å². The highest BCUT2D eigenvalue weighted by molar-refractivity contribution is 5.92. The van der Waals surface area contributed by atoms with Crippen molar-refractivity contribution in [1.82, 2.24) is 4.98 Å². The number of para-hydroxylation sites is 1. The van der Waals surface area contributed by atoms with Gasteiger partial charge in [0.25, 0.3) is 0 Å². The average molecular weight is 375 g/mol. The standard InChI is InChI=1S/C24H25NO3/c1-3-5-14-28-23-13-9-8-12-22(23)21-11-7-6-10-20(21)18-15-19(17-25-16-18)24(26)27-4-2/h6-13,15-17H,3-5,14H2,1-2H3. The van der Waals surface area contributed by atoms with Crippen molar-refractivity contribution >= 4 is 5.97 Å². The number of hydrogen-bond acceptors (Lipinski definition) is 4. The maximum absolute atomic E-state index is 12.1. The molecule has 1 aromatic heterocycles. The van der Waals surface area contributed by atoms with Crippen molar-refractivity contribution in [2.24, 2.45) is 0 Å². The number of pyridine rings is 1. The molecule has 4 nitrogen and oxygen atoms in total. The van der Waals surface area contributed by atoms with E-state index in [0.717, 1.165) is 40.8 Å². The molecule has 0 saturated carbocycles. The van der Waals surface area contributed by atoms with Crippen LogP contribution in [0.3, 0.4) is 0 Å². The lowest BCUT2D eigenvalue weighted by Gasteiger charge is -2.15. The molecule has 2 aromatic carbocycles. The molecule has 28 heavy (non-hydrogen) atoms. The highest BCUT2D eigenvalue weighted by Gasteiger charge is 2.14. The molecule has 0 amide bonds. The predicted molar refractivity (Wildman–Crippen MR) is 111 cm³/mol. The van der Waals surface area contributed by atoms with Crippen molar-refractivity contribution < 1.29 is 14.3 Å². The second-order valence-corrected chi connectivity index (χ2v) is 6.43. The minimum Gasteiger partial charge on any atom is -0.493 e. The Bertz CT molecular complexity index is 936. The molecule has 0 aliphatic rings. The zero-order valence-electron chi connectivity index (χ0n) is 16.4. The summed E-state index contributed by atoms with van der Waals surface area (Å²) >= 11 is 0. The second kappa shape index (κ2) is 9.70. The molecule has 0 fully saturated rings. The third kappa shape index (κ3) is 4.58. The van der Waals surface area contributed by atoms with Gasteiger partial charge in [-0.15, -0.1) is 0 Å². The summed E-state index contributed by atoms with van der Waals surface area (Å²) in [7, 11) is 0. The summed E-state index contributed by atoms with van der Waals surface area (Å²) in [5, 5.41) is 0. The molecule has 0 radical (unpaired) electrons. The lowest BCUT2D eigenvalue weighted by molar-refractivity contribution is 0.0526. The molecule has 0 N–H and O–H groups in total. The molecule has 1 heterocycles. The quantitative estimate of drug-likeness (QED) is 0.370. The van der Waals surface area contributed by atoms with E-state index in [0.29, 0.717) is 18.8 Å². The van der Waals surface area contributed by atoms with Gasteiger partial charge in [-0.2, -0.15) is 0 Å². The van der Waals surface area contributed by atoms with Crippen LogP contribution in [0.25, 0.3) is 22.3 Å². The van der Waals surface area contributed by atoms with Crippen LogP contribution in [0.15, 0.2) is 67.0 Å². The van der Waals surface area contributed by atoms with Gasteiger partial charge in [-0.1, -0.05) is 55.8 Å². The van der Waals surface area contributed by atoms with Gasteiger partial charge in [0, 0.05) is 23.5 Å². The van der Waals surface area contributed by atoms with Crippen LogP contribution in [0.2, 0.25) is 0 Å². The molecule has 3 aromatic rings. The van der Waals surface area contributed by atoms with Crippen LogP contribution in [-0.2, 0) is 4.74 Å². The maximum atomic E-state index is 12.1. The number of esters is 1. The van der Waals surface area contributed by atoms with Gasteiger partial charge in [0.05, 0.1) is 18.8 Å². The molecule has 0 saturated heterocycles. The molecule has 0 bridgehead atoms. The van der Waals surface area contributed by atoms with Crippen molar-refractivity contribution in [2.45, 2.75) is 26.7 Å². The first kappa shape index (κ1) is 19.6. The Kier molecular flexibility index (Phi) is 6.79. The number of hydrogen-bond donors (Lipinski definition) is 0. The summed E-state index contributed by atoms with van der Waals surface area (Å²) in [5.74, 6) is 0.496. The molecule has 144 valence electrons. The van der Waals surface area contributed by atoms with Crippen LogP contribution < -0.4 is 4.74 Å². The van der Waals surface area contributed by atoms with Gasteiger partial charge in [-0.05, 0) is 36.6 Å². The van der Waals surface area contributed by atoms with E-state index >= 15 is 0 Å². The lowest BCUT2D eigenvalue weighted by Crippen LogP contribution is -2.05. The number of ether oxygens (including phenoxy) is 2. The van der Waals surface area contributed by atoms with Crippen molar-refractivity contribution in [3.8, 4) is 28.0 Å². The van der Waals surface area contributed by atoms with Gasteiger partial charge in [0.1, 0.15) is 5.75 Å². The topological polar surface area (TPSA) is 48.4 Å². The van der Waals surface area contributed by atoms with E-state index in [9.17, 15) is 4.79 Å². The molecular weight excluding hydrogens is 350 g/mol. The third-order valence-electron chi connectivity index (χ3n) is 4.42. The second-order valence-electron chi connectivity index (χ2n) is 6.43. The summed E-state index contributed by atoms with van der Waals surface area (Å²) < 4.78 is 11.1. The van der Waals surface area contributed by atoms with Crippen LogP contribution in [0.5, 0.6) is 5.75 Å².